The van der Waals surface area contributed by atoms with Gasteiger partial charge in [0.2, 0.25) is 0 Å². The lowest BCUT2D eigenvalue weighted by Gasteiger charge is -2.01. The Kier molecular flexibility index (Phi) is 2.60. The maximum atomic E-state index is 10.7. The highest BCUT2D eigenvalue weighted by atomic mass is 16.4. The lowest BCUT2D eigenvalue weighted by molar-refractivity contribution is -0.136. The Bertz CT molecular complexity index is 545. The van der Waals surface area contributed by atoms with Crippen molar-refractivity contribution >= 4 is 17.0 Å². The molecule has 2 heterocycles. The van der Waals surface area contributed by atoms with E-state index in [4.69, 9.17) is 5.11 Å². The average Bonchev–Trinajstić information content (AvgIpc) is 2.60. The van der Waals surface area contributed by atoms with E-state index in [1.807, 2.05) is 13.8 Å². The summed E-state index contributed by atoms with van der Waals surface area (Å²) in [6, 6.07) is 0. The summed E-state index contributed by atoms with van der Waals surface area (Å²) in [6.07, 6.45) is 2.46. The van der Waals surface area contributed by atoms with Gasteiger partial charge in [0.1, 0.15) is 11.5 Å². The van der Waals surface area contributed by atoms with Crippen LogP contribution in [0.4, 0.5) is 0 Å². The standard InChI is InChI=1S/C11H13N3O2/c1-3-8-13-6(2)10-7(4-9(15)16)5-12-11(10)14-8/h5H,3-4H2,1-2H3,(H,15,16)(H,12,13,14). The Morgan fingerprint density at radius 2 is 2.25 bits per heavy atom. The lowest BCUT2D eigenvalue weighted by Crippen LogP contribution is -2.01. The molecule has 2 aromatic rings. The highest BCUT2D eigenvalue weighted by molar-refractivity contribution is 5.86. The third-order valence-corrected chi connectivity index (χ3v) is 2.50. The molecular formula is C11H13N3O2. The fourth-order valence-corrected chi connectivity index (χ4v) is 1.81. The van der Waals surface area contributed by atoms with Crippen LogP contribution in [0.1, 0.15) is 24.0 Å². The van der Waals surface area contributed by atoms with E-state index in [9.17, 15) is 4.79 Å². The number of H-pyrrole nitrogens is 1. The van der Waals surface area contributed by atoms with Crippen LogP contribution in [0.5, 0.6) is 0 Å². The molecule has 0 aromatic carbocycles. The average molecular weight is 219 g/mol. The van der Waals surface area contributed by atoms with E-state index in [0.29, 0.717) is 0 Å². The summed E-state index contributed by atoms with van der Waals surface area (Å²) in [5, 5.41) is 9.61. The van der Waals surface area contributed by atoms with Crippen LogP contribution in [0.25, 0.3) is 11.0 Å². The molecule has 0 aliphatic rings. The topological polar surface area (TPSA) is 78.9 Å². The maximum absolute atomic E-state index is 10.7. The van der Waals surface area contributed by atoms with Crippen LogP contribution in [0, 0.1) is 6.92 Å². The summed E-state index contributed by atoms with van der Waals surface area (Å²) in [7, 11) is 0. The van der Waals surface area contributed by atoms with Crippen LogP contribution >= 0.6 is 0 Å². The van der Waals surface area contributed by atoms with E-state index in [0.717, 1.165) is 34.5 Å². The molecule has 0 saturated carbocycles. The molecule has 0 bridgehead atoms. The Morgan fingerprint density at radius 3 is 2.88 bits per heavy atom. The van der Waals surface area contributed by atoms with Gasteiger partial charge >= 0.3 is 5.97 Å². The minimum absolute atomic E-state index is 0.00429. The van der Waals surface area contributed by atoms with E-state index in [2.05, 4.69) is 15.0 Å². The van der Waals surface area contributed by atoms with E-state index < -0.39 is 5.97 Å². The maximum Gasteiger partial charge on any atom is 0.307 e. The van der Waals surface area contributed by atoms with E-state index >= 15 is 0 Å². The first-order valence-corrected chi connectivity index (χ1v) is 5.17. The molecule has 0 aliphatic heterocycles. The first-order chi connectivity index (χ1) is 7.61. The summed E-state index contributed by atoms with van der Waals surface area (Å²) in [6.45, 7) is 3.87. The summed E-state index contributed by atoms with van der Waals surface area (Å²) in [5.74, 6) is -0.0754. The third kappa shape index (κ3) is 1.76. The van der Waals surface area contributed by atoms with Crippen molar-refractivity contribution in [2.24, 2.45) is 0 Å². The number of aliphatic carboxylic acids is 1. The first kappa shape index (κ1) is 10.6. The summed E-state index contributed by atoms with van der Waals surface area (Å²) >= 11 is 0. The quantitative estimate of drug-likeness (QED) is 0.819. The van der Waals surface area contributed by atoms with Crippen molar-refractivity contribution in [1.82, 2.24) is 15.0 Å². The Morgan fingerprint density at radius 1 is 1.50 bits per heavy atom. The van der Waals surface area contributed by atoms with Crippen LogP contribution in [0.15, 0.2) is 6.20 Å². The van der Waals surface area contributed by atoms with Crippen LogP contribution in [-0.2, 0) is 17.6 Å². The number of fused-ring (bicyclic) bond motifs is 1. The van der Waals surface area contributed by atoms with Gasteiger partial charge in [-0.2, -0.15) is 0 Å². The molecule has 0 atom stereocenters. The number of carboxylic acids is 1. The van der Waals surface area contributed by atoms with Crippen LogP contribution in [0.3, 0.4) is 0 Å². The molecule has 84 valence electrons. The number of aromatic amines is 1. The second kappa shape index (κ2) is 3.92. The third-order valence-electron chi connectivity index (χ3n) is 2.50. The van der Waals surface area contributed by atoms with Crippen molar-refractivity contribution in [3.63, 3.8) is 0 Å². The molecule has 0 fully saturated rings. The number of rotatable bonds is 3. The van der Waals surface area contributed by atoms with Crippen molar-refractivity contribution in [2.45, 2.75) is 26.7 Å². The first-order valence-electron chi connectivity index (χ1n) is 5.17. The van der Waals surface area contributed by atoms with Crippen molar-refractivity contribution in [2.75, 3.05) is 0 Å². The van der Waals surface area contributed by atoms with E-state index in [-0.39, 0.29) is 6.42 Å². The van der Waals surface area contributed by atoms with Crippen molar-refractivity contribution in [3.8, 4) is 0 Å². The molecule has 16 heavy (non-hydrogen) atoms. The zero-order valence-electron chi connectivity index (χ0n) is 9.24. The second-order valence-corrected chi connectivity index (χ2v) is 3.69. The number of hydrogen-bond donors (Lipinski definition) is 2. The molecule has 0 aliphatic carbocycles. The molecular weight excluding hydrogens is 206 g/mol. The molecule has 5 heteroatoms. The van der Waals surface area contributed by atoms with Crippen molar-refractivity contribution in [3.05, 3.63) is 23.3 Å². The summed E-state index contributed by atoms with van der Waals surface area (Å²) < 4.78 is 0. The van der Waals surface area contributed by atoms with Crippen LogP contribution in [-0.4, -0.2) is 26.0 Å². The van der Waals surface area contributed by atoms with Gasteiger partial charge in [-0.25, -0.2) is 9.97 Å². The largest absolute Gasteiger partial charge is 0.481 e. The second-order valence-electron chi connectivity index (χ2n) is 3.69. The Hall–Kier alpha value is -1.91. The van der Waals surface area contributed by atoms with E-state index in [1.54, 1.807) is 6.20 Å². The highest BCUT2D eigenvalue weighted by Crippen LogP contribution is 2.20. The molecule has 2 N–H and O–H groups in total. The van der Waals surface area contributed by atoms with Crippen molar-refractivity contribution in [1.29, 1.82) is 0 Å². The minimum Gasteiger partial charge on any atom is -0.481 e. The molecule has 0 saturated heterocycles. The van der Waals surface area contributed by atoms with Gasteiger partial charge in [0.05, 0.1) is 12.1 Å². The van der Waals surface area contributed by atoms with Gasteiger partial charge in [-0.3, -0.25) is 4.79 Å². The number of nitrogens with zero attached hydrogens (tertiary/aromatic N) is 2. The molecule has 0 amide bonds. The number of nitrogens with one attached hydrogen (secondary N) is 1. The fraction of sp³-hybridized carbons (Fsp3) is 0.364. The van der Waals surface area contributed by atoms with Gasteiger partial charge in [0.15, 0.2) is 0 Å². The van der Waals surface area contributed by atoms with Gasteiger partial charge < -0.3 is 10.1 Å². The molecule has 0 spiro atoms. The van der Waals surface area contributed by atoms with Gasteiger partial charge in [-0.15, -0.1) is 0 Å². The Balaban J connectivity index is 2.59. The predicted octanol–water partition coefficient (Wildman–Crippen LogP) is 1.46. The molecule has 5 nitrogen and oxygen atoms in total. The number of carbonyl (C=O) groups is 1. The number of carboxylic acid groups (broad SMARTS) is 1. The molecule has 2 rings (SSSR count). The monoisotopic (exact) mass is 219 g/mol. The summed E-state index contributed by atoms with van der Waals surface area (Å²) in [5.41, 5.74) is 2.29. The van der Waals surface area contributed by atoms with Gasteiger partial charge in [0, 0.05) is 18.0 Å². The van der Waals surface area contributed by atoms with Crippen molar-refractivity contribution < 1.29 is 9.90 Å². The molecule has 2 aromatic heterocycles. The Labute approximate surface area is 92.5 Å². The SMILES string of the molecule is CCc1nc(C)c2c(CC(=O)O)c[nH]c2n1. The zero-order valence-corrected chi connectivity index (χ0v) is 9.24. The van der Waals surface area contributed by atoms with Gasteiger partial charge in [-0.1, -0.05) is 6.92 Å². The van der Waals surface area contributed by atoms with E-state index in [1.165, 1.54) is 0 Å². The number of aryl methyl sites for hydroxylation is 2. The van der Waals surface area contributed by atoms with Crippen LogP contribution < -0.4 is 0 Å². The normalized spacial score (nSPS) is 10.9. The molecule has 0 unspecified atom stereocenters. The fourth-order valence-electron chi connectivity index (χ4n) is 1.81. The molecule has 0 radical (unpaired) electrons. The minimum atomic E-state index is -0.847. The van der Waals surface area contributed by atoms with Crippen LogP contribution in [0.2, 0.25) is 0 Å². The lowest BCUT2D eigenvalue weighted by atomic mass is 10.1. The number of hydrogen-bond acceptors (Lipinski definition) is 3. The number of aromatic nitrogens is 3. The summed E-state index contributed by atoms with van der Waals surface area (Å²) in [4.78, 5) is 22.3. The van der Waals surface area contributed by atoms with Gasteiger partial charge in [-0.05, 0) is 12.5 Å². The smallest absolute Gasteiger partial charge is 0.307 e. The predicted molar refractivity (Wildman–Crippen MR) is 59.3 cm³/mol. The highest BCUT2D eigenvalue weighted by Gasteiger charge is 2.12. The zero-order chi connectivity index (χ0) is 11.7. The van der Waals surface area contributed by atoms with Gasteiger partial charge in [0.25, 0.3) is 0 Å².